The van der Waals surface area contributed by atoms with Crippen molar-refractivity contribution in [3.8, 4) is 0 Å². The molecular formula is C12H16BrFN2S. The van der Waals surface area contributed by atoms with Crippen molar-refractivity contribution in [2.24, 2.45) is 5.73 Å². The molecule has 1 aliphatic heterocycles. The summed E-state index contributed by atoms with van der Waals surface area (Å²) in [5.74, 6) is 1.98. The number of thioether (sulfide) groups is 1. The molecule has 0 aromatic heterocycles. The van der Waals surface area contributed by atoms with Crippen molar-refractivity contribution in [2.75, 3.05) is 23.4 Å². The molecule has 1 unspecified atom stereocenters. The molecule has 1 saturated heterocycles. The first-order valence-electron chi connectivity index (χ1n) is 5.66. The fourth-order valence-electron chi connectivity index (χ4n) is 2.04. The Labute approximate surface area is 114 Å². The third-order valence-electron chi connectivity index (χ3n) is 3.04. The normalized spacial score (nSPS) is 24.6. The Kier molecular flexibility index (Phi) is 4.33. The summed E-state index contributed by atoms with van der Waals surface area (Å²) < 4.78 is 13.6. The minimum absolute atomic E-state index is 0.0415. The molecule has 2 rings (SSSR count). The highest BCUT2D eigenvalue weighted by molar-refractivity contribution is 9.10. The first-order chi connectivity index (χ1) is 8.15. The first-order valence-corrected chi connectivity index (χ1v) is 7.61. The molecule has 94 valence electrons. The van der Waals surface area contributed by atoms with Gasteiger partial charge in [-0.15, -0.1) is 0 Å². The molecule has 1 fully saturated rings. The third-order valence-corrected chi connectivity index (χ3v) is 4.98. The van der Waals surface area contributed by atoms with Gasteiger partial charge in [-0.1, -0.05) is 0 Å². The maximum absolute atomic E-state index is 13.2. The average molecular weight is 319 g/mol. The number of nitrogens with two attached hydrogens (primary N) is 1. The monoisotopic (exact) mass is 318 g/mol. The number of rotatable bonds is 3. The van der Waals surface area contributed by atoms with Crippen molar-refractivity contribution in [3.63, 3.8) is 0 Å². The predicted molar refractivity (Wildman–Crippen MR) is 76.1 cm³/mol. The Morgan fingerprint density at radius 3 is 2.94 bits per heavy atom. The molecule has 1 aliphatic rings. The van der Waals surface area contributed by atoms with Gasteiger partial charge >= 0.3 is 0 Å². The van der Waals surface area contributed by atoms with Crippen LogP contribution in [0.2, 0.25) is 0 Å². The Morgan fingerprint density at radius 2 is 2.35 bits per heavy atom. The van der Waals surface area contributed by atoms with Crippen LogP contribution >= 0.6 is 27.7 Å². The van der Waals surface area contributed by atoms with E-state index < -0.39 is 0 Å². The van der Waals surface area contributed by atoms with E-state index in [1.54, 1.807) is 12.1 Å². The smallest absolute Gasteiger partial charge is 0.137 e. The van der Waals surface area contributed by atoms with Crippen molar-refractivity contribution in [1.29, 1.82) is 0 Å². The van der Waals surface area contributed by atoms with Crippen LogP contribution in [0.1, 0.15) is 12.8 Å². The largest absolute Gasteiger partial charge is 0.377 e. The molecule has 0 spiro atoms. The molecule has 3 N–H and O–H groups in total. The summed E-state index contributed by atoms with van der Waals surface area (Å²) in [6.45, 7) is 0.606. The van der Waals surface area contributed by atoms with Crippen LogP contribution in [0.3, 0.4) is 0 Å². The van der Waals surface area contributed by atoms with Crippen LogP contribution in [-0.4, -0.2) is 23.6 Å². The van der Waals surface area contributed by atoms with E-state index in [9.17, 15) is 4.39 Å². The van der Waals surface area contributed by atoms with Crippen molar-refractivity contribution in [3.05, 3.63) is 28.5 Å². The summed E-state index contributed by atoms with van der Waals surface area (Å²) in [6.07, 6.45) is 2.25. The Balaban J connectivity index is 2.14. The van der Waals surface area contributed by atoms with Gasteiger partial charge in [0.2, 0.25) is 0 Å². The lowest BCUT2D eigenvalue weighted by molar-refractivity contribution is 0.476. The fourth-order valence-corrected chi connectivity index (χ4v) is 3.64. The van der Waals surface area contributed by atoms with Crippen LogP contribution in [0, 0.1) is 5.82 Å². The topological polar surface area (TPSA) is 38.0 Å². The van der Waals surface area contributed by atoms with Crippen molar-refractivity contribution in [2.45, 2.75) is 18.4 Å². The first kappa shape index (κ1) is 13.2. The maximum atomic E-state index is 13.2. The molecule has 1 atom stereocenters. The second kappa shape index (κ2) is 5.59. The van der Waals surface area contributed by atoms with Gasteiger partial charge in [-0.3, -0.25) is 0 Å². The number of halogens is 2. The average Bonchev–Trinajstić information content (AvgIpc) is 2.35. The van der Waals surface area contributed by atoms with Crippen LogP contribution in [0.25, 0.3) is 0 Å². The van der Waals surface area contributed by atoms with Gasteiger partial charge in [-0.05, 0) is 52.7 Å². The lowest BCUT2D eigenvalue weighted by atomic mass is 9.95. The van der Waals surface area contributed by atoms with E-state index in [4.69, 9.17) is 5.73 Å². The molecular weight excluding hydrogens is 303 g/mol. The molecule has 2 nitrogen and oxygen atoms in total. The fraction of sp³-hybridized carbons (Fsp3) is 0.500. The quantitative estimate of drug-likeness (QED) is 0.898. The van der Waals surface area contributed by atoms with Crippen LogP contribution in [0.5, 0.6) is 0 Å². The van der Waals surface area contributed by atoms with Crippen LogP contribution in [-0.2, 0) is 0 Å². The molecule has 0 saturated carbocycles. The van der Waals surface area contributed by atoms with Crippen molar-refractivity contribution < 1.29 is 4.39 Å². The molecule has 5 heteroatoms. The Hall–Kier alpha value is -0.260. The second-order valence-electron chi connectivity index (χ2n) is 4.39. The minimum atomic E-state index is -0.240. The molecule has 17 heavy (non-hydrogen) atoms. The van der Waals surface area contributed by atoms with E-state index >= 15 is 0 Å². The number of anilines is 1. The van der Waals surface area contributed by atoms with E-state index in [0.717, 1.165) is 17.9 Å². The second-order valence-corrected chi connectivity index (χ2v) is 6.35. The summed E-state index contributed by atoms with van der Waals surface area (Å²) >= 11 is 5.12. The SMILES string of the molecule is NCC1(Nc2ccc(F)c(Br)c2)CCCSC1. The standard InChI is InChI=1S/C12H16BrFN2S/c13-10-6-9(2-3-11(10)14)16-12(7-15)4-1-5-17-8-12/h2-3,6,16H,1,4-5,7-8,15H2. The van der Waals surface area contributed by atoms with Gasteiger partial charge in [0.25, 0.3) is 0 Å². The lowest BCUT2D eigenvalue weighted by Crippen LogP contribution is -2.49. The molecule has 1 aromatic rings. The molecule has 1 aromatic carbocycles. The summed E-state index contributed by atoms with van der Waals surface area (Å²) in [4.78, 5) is 0. The van der Waals surface area contributed by atoms with Gasteiger partial charge in [-0.25, -0.2) is 4.39 Å². The zero-order valence-corrected chi connectivity index (χ0v) is 11.9. The zero-order chi connectivity index (χ0) is 12.3. The maximum Gasteiger partial charge on any atom is 0.137 e. The highest BCUT2D eigenvalue weighted by Gasteiger charge is 2.30. The summed E-state index contributed by atoms with van der Waals surface area (Å²) in [7, 11) is 0. The van der Waals surface area contributed by atoms with Gasteiger partial charge in [0, 0.05) is 18.0 Å². The number of hydrogen-bond donors (Lipinski definition) is 2. The van der Waals surface area contributed by atoms with Gasteiger partial charge in [0.1, 0.15) is 5.82 Å². The van der Waals surface area contributed by atoms with E-state index in [1.807, 2.05) is 11.8 Å². The van der Waals surface area contributed by atoms with Gasteiger partial charge < -0.3 is 11.1 Å². The van der Waals surface area contributed by atoms with Gasteiger partial charge in [-0.2, -0.15) is 11.8 Å². The third kappa shape index (κ3) is 3.14. The summed E-state index contributed by atoms with van der Waals surface area (Å²) in [5, 5.41) is 3.47. The van der Waals surface area contributed by atoms with Crippen LogP contribution < -0.4 is 11.1 Å². The van der Waals surface area contributed by atoms with E-state index in [0.29, 0.717) is 11.0 Å². The van der Waals surface area contributed by atoms with Crippen molar-refractivity contribution >= 4 is 33.4 Å². The highest BCUT2D eigenvalue weighted by atomic mass is 79.9. The molecule has 0 bridgehead atoms. The summed E-state index contributed by atoms with van der Waals surface area (Å²) in [5.41, 5.74) is 6.77. The zero-order valence-electron chi connectivity index (χ0n) is 9.51. The minimum Gasteiger partial charge on any atom is -0.377 e. The van der Waals surface area contributed by atoms with Gasteiger partial charge in [0.05, 0.1) is 10.0 Å². The van der Waals surface area contributed by atoms with Gasteiger partial charge in [0.15, 0.2) is 0 Å². The van der Waals surface area contributed by atoms with E-state index in [2.05, 4.69) is 21.2 Å². The Bertz CT molecular complexity index is 394. The number of nitrogens with one attached hydrogen (secondary N) is 1. The summed E-state index contributed by atoms with van der Waals surface area (Å²) in [6, 6.07) is 5.00. The van der Waals surface area contributed by atoms with E-state index in [1.165, 1.54) is 18.2 Å². The molecule has 1 heterocycles. The predicted octanol–water partition coefficient (Wildman–Crippen LogP) is 3.22. The number of benzene rings is 1. The number of hydrogen-bond acceptors (Lipinski definition) is 3. The van der Waals surface area contributed by atoms with Crippen molar-refractivity contribution in [1.82, 2.24) is 0 Å². The molecule has 0 radical (unpaired) electrons. The molecule has 0 aliphatic carbocycles. The lowest BCUT2D eigenvalue weighted by Gasteiger charge is -2.37. The highest BCUT2D eigenvalue weighted by Crippen LogP contribution is 2.30. The van der Waals surface area contributed by atoms with Crippen LogP contribution in [0.15, 0.2) is 22.7 Å². The molecule has 0 amide bonds. The van der Waals surface area contributed by atoms with Crippen LogP contribution in [0.4, 0.5) is 10.1 Å². The Morgan fingerprint density at radius 1 is 1.53 bits per heavy atom. The van der Waals surface area contributed by atoms with E-state index in [-0.39, 0.29) is 11.4 Å².